The van der Waals surface area contributed by atoms with E-state index in [1.807, 2.05) is 4.57 Å². The van der Waals surface area contributed by atoms with E-state index in [1.165, 1.54) is 0 Å². The summed E-state index contributed by atoms with van der Waals surface area (Å²) in [6.45, 7) is 4.56. The molecule has 0 fully saturated rings. The van der Waals surface area contributed by atoms with Gasteiger partial charge < -0.3 is 9.30 Å². The van der Waals surface area contributed by atoms with Crippen molar-refractivity contribution in [2.75, 3.05) is 7.11 Å². The Kier molecular flexibility index (Phi) is 3.93. The topological polar surface area (TPSA) is 52.8 Å². The fraction of sp³-hybridized carbons (Fsp3) is 0.417. The van der Waals surface area contributed by atoms with Crippen LogP contribution in [0.4, 0.5) is 0 Å². The molecular weight excluding hydrogens is 252 g/mol. The summed E-state index contributed by atoms with van der Waals surface area (Å²) in [4.78, 5) is 12.8. The Morgan fingerprint density at radius 1 is 1.39 bits per heavy atom. The lowest BCUT2D eigenvalue weighted by molar-refractivity contribution is 0.181. The monoisotopic (exact) mass is 266 g/mol. The maximum absolute atomic E-state index is 6.00. The van der Waals surface area contributed by atoms with Gasteiger partial charge in [-0.3, -0.25) is 0 Å². The second-order valence-corrected chi connectivity index (χ2v) is 4.61. The largest absolute Gasteiger partial charge is 0.378 e. The van der Waals surface area contributed by atoms with Gasteiger partial charge in [0.15, 0.2) is 5.82 Å². The van der Waals surface area contributed by atoms with Crippen LogP contribution in [-0.2, 0) is 11.3 Å². The second kappa shape index (κ2) is 5.46. The molecule has 2 heterocycles. The molecule has 0 saturated carbocycles. The molecule has 2 aromatic heterocycles. The van der Waals surface area contributed by atoms with E-state index in [0.29, 0.717) is 17.6 Å². The normalized spacial score (nSPS) is 11.2. The number of aromatic nitrogens is 4. The third-order valence-electron chi connectivity index (χ3n) is 2.49. The number of hydrogen-bond acceptors (Lipinski definition) is 4. The average Bonchev–Trinajstić information content (AvgIpc) is 2.77. The molecule has 18 heavy (non-hydrogen) atoms. The Morgan fingerprint density at radius 2 is 2.17 bits per heavy atom. The molecule has 96 valence electrons. The summed E-state index contributed by atoms with van der Waals surface area (Å²) in [5.74, 6) is 0.570. The molecule has 0 N–H and O–H groups in total. The van der Waals surface area contributed by atoms with Crippen molar-refractivity contribution in [1.29, 1.82) is 0 Å². The van der Waals surface area contributed by atoms with Crippen LogP contribution < -0.4 is 0 Å². The summed E-state index contributed by atoms with van der Waals surface area (Å²) in [5.41, 5.74) is 1.61. The van der Waals surface area contributed by atoms with Gasteiger partial charge in [-0.05, 0) is 19.9 Å². The van der Waals surface area contributed by atoms with E-state index >= 15 is 0 Å². The Bertz CT molecular complexity index is 539. The van der Waals surface area contributed by atoms with E-state index in [0.717, 1.165) is 11.4 Å². The third kappa shape index (κ3) is 2.68. The molecule has 0 unspecified atom stereocenters. The molecule has 0 bridgehead atoms. The van der Waals surface area contributed by atoms with Crippen molar-refractivity contribution in [2.24, 2.45) is 0 Å². The zero-order valence-corrected chi connectivity index (χ0v) is 11.3. The van der Waals surface area contributed by atoms with Crippen LogP contribution in [0.15, 0.2) is 18.6 Å². The lowest BCUT2D eigenvalue weighted by atomic mass is 10.3. The highest BCUT2D eigenvalue weighted by molar-refractivity contribution is 6.29. The predicted molar refractivity (Wildman–Crippen MR) is 69.4 cm³/mol. The molecule has 2 aromatic rings. The van der Waals surface area contributed by atoms with Crippen LogP contribution in [0.1, 0.15) is 25.6 Å². The van der Waals surface area contributed by atoms with E-state index in [2.05, 4.69) is 28.8 Å². The van der Waals surface area contributed by atoms with Gasteiger partial charge in [0.1, 0.15) is 10.8 Å². The lowest BCUT2D eigenvalue weighted by Crippen LogP contribution is -2.05. The van der Waals surface area contributed by atoms with Crippen LogP contribution in [-0.4, -0.2) is 26.6 Å². The quantitative estimate of drug-likeness (QED) is 0.799. The summed E-state index contributed by atoms with van der Waals surface area (Å²) >= 11 is 6.00. The minimum Gasteiger partial charge on any atom is -0.378 e. The molecule has 0 amide bonds. The fourth-order valence-corrected chi connectivity index (χ4v) is 1.90. The number of hydrogen-bond donors (Lipinski definition) is 0. The van der Waals surface area contributed by atoms with E-state index in [-0.39, 0.29) is 6.04 Å². The molecule has 2 rings (SSSR count). The lowest BCUT2D eigenvalue weighted by Gasteiger charge is -2.11. The summed E-state index contributed by atoms with van der Waals surface area (Å²) in [6.07, 6.45) is 3.50. The molecule has 0 aliphatic rings. The zero-order chi connectivity index (χ0) is 13.1. The molecule has 6 heteroatoms. The van der Waals surface area contributed by atoms with Gasteiger partial charge in [-0.15, -0.1) is 0 Å². The Balaban J connectivity index is 2.46. The highest BCUT2D eigenvalue weighted by atomic mass is 35.5. The first-order valence-electron chi connectivity index (χ1n) is 5.66. The first-order chi connectivity index (χ1) is 8.61. The van der Waals surface area contributed by atoms with Crippen molar-refractivity contribution in [3.05, 3.63) is 29.4 Å². The van der Waals surface area contributed by atoms with Crippen LogP contribution in [0.2, 0.25) is 5.15 Å². The van der Waals surface area contributed by atoms with Crippen LogP contribution in [0.25, 0.3) is 11.5 Å². The summed E-state index contributed by atoms with van der Waals surface area (Å²) in [5, 5.41) is 0.406. The van der Waals surface area contributed by atoms with Gasteiger partial charge in [0, 0.05) is 13.2 Å². The fourth-order valence-electron chi connectivity index (χ4n) is 1.69. The van der Waals surface area contributed by atoms with Crippen molar-refractivity contribution >= 4 is 11.6 Å². The number of nitrogens with zero attached hydrogens (tertiary/aromatic N) is 4. The number of methoxy groups -OCH3 is 1. The smallest absolute Gasteiger partial charge is 0.179 e. The summed E-state index contributed by atoms with van der Waals surface area (Å²) in [6, 6.07) is 1.99. The first-order valence-corrected chi connectivity index (χ1v) is 6.04. The number of imidazole rings is 1. The number of halogens is 1. The SMILES string of the molecule is COCc1cc(Cl)nc(-c2cncn2C(C)C)n1. The van der Waals surface area contributed by atoms with Crippen molar-refractivity contribution in [2.45, 2.75) is 26.5 Å². The highest BCUT2D eigenvalue weighted by Gasteiger charge is 2.12. The van der Waals surface area contributed by atoms with Gasteiger partial charge in [0.05, 0.1) is 24.8 Å². The molecule has 0 radical (unpaired) electrons. The predicted octanol–water partition coefficient (Wildman–Crippen LogP) is 2.72. The van der Waals surface area contributed by atoms with Crippen LogP contribution in [0.3, 0.4) is 0 Å². The Labute approximate surface area is 111 Å². The van der Waals surface area contributed by atoms with Gasteiger partial charge in [0.25, 0.3) is 0 Å². The van der Waals surface area contributed by atoms with Crippen molar-refractivity contribution in [3.8, 4) is 11.5 Å². The van der Waals surface area contributed by atoms with Gasteiger partial charge >= 0.3 is 0 Å². The molecule has 0 aliphatic heterocycles. The molecule has 5 nitrogen and oxygen atoms in total. The van der Waals surface area contributed by atoms with Gasteiger partial charge in [0.2, 0.25) is 0 Å². The van der Waals surface area contributed by atoms with Crippen LogP contribution in [0.5, 0.6) is 0 Å². The maximum Gasteiger partial charge on any atom is 0.179 e. The van der Waals surface area contributed by atoms with E-state index in [1.54, 1.807) is 25.7 Å². The van der Waals surface area contributed by atoms with Crippen molar-refractivity contribution in [3.63, 3.8) is 0 Å². The maximum atomic E-state index is 6.00. The minimum absolute atomic E-state index is 0.288. The minimum atomic E-state index is 0.288. The first kappa shape index (κ1) is 13.0. The number of rotatable bonds is 4. The molecule has 0 aliphatic carbocycles. The molecule has 0 aromatic carbocycles. The zero-order valence-electron chi connectivity index (χ0n) is 10.6. The van der Waals surface area contributed by atoms with E-state index in [4.69, 9.17) is 16.3 Å². The van der Waals surface area contributed by atoms with Crippen LogP contribution in [0, 0.1) is 0 Å². The Hall–Kier alpha value is -1.46. The van der Waals surface area contributed by atoms with Crippen molar-refractivity contribution in [1.82, 2.24) is 19.5 Å². The number of ether oxygens (including phenoxy) is 1. The Morgan fingerprint density at radius 3 is 2.83 bits per heavy atom. The van der Waals surface area contributed by atoms with E-state index in [9.17, 15) is 0 Å². The third-order valence-corrected chi connectivity index (χ3v) is 2.69. The average molecular weight is 267 g/mol. The van der Waals surface area contributed by atoms with E-state index < -0.39 is 0 Å². The highest BCUT2D eigenvalue weighted by Crippen LogP contribution is 2.21. The standard InChI is InChI=1S/C12H15ClN4O/c1-8(2)17-7-14-5-10(17)12-15-9(6-18-3)4-11(13)16-12/h4-5,7-8H,6H2,1-3H3. The molecular formula is C12H15ClN4O. The van der Waals surface area contributed by atoms with Gasteiger partial charge in [-0.25, -0.2) is 15.0 Å². The van der Waals surface area contributed by atoms with Gasteiger partial charge in [-0.1, -0.05) is 11.6 Å². The van der Waals surface area contributed by atoms with Gasteiger partial charge in [-0.2, -0.15) is 0 Å². The summed E-state index contributed by atoms with van der Waals surface area (Å²) in [7, 11) is 1.62. The molecule has 0 spiro atoms. The molecule has 0 saturated heterocycles. The summed E-state index contributed by atoms with van der Waals surface area (Å²) < 4.78 is 7.06. The molecule has 0 atom stereocenters. The van der Waals surface area contributed by atoms with Crippen LogP contribution >= 0.6 is 11.6 Å². The van der Waals surface area contributed by atoms with Crippen molar-refractivity contribution < 1.29 is 4.74 Å². The second-order valence-electron chi connectivity index (χ2n) is 4.22.